The molecule has 0 saturated heterocycles. The molecule has 0 spiro atoms. The molecular formula is C12H16N2S2. The highest BCUT2D eigenvalue weighted by atomic mass is 32.1. The first-order chi connectivity index (χ1) is 7.50. The predicted octanol–water partition coefficient (Wildman–Crippen LogP) is 4.37. The van der Waals surface area contributed by atoms with Gasteiger partial charge in [-0.15, -0.1) is 11.3 Å². The van der Waals surface area contributed by atoms with Gasteiger partial charge in [-0.05, 0) is 17.9 Å². The zero-order valence-electron chi connectivity index (χ0n) is 10.0. The van der Waals surface area contributed by atoms with E-state index in [9.17, 15) is 0 Å². The molecule has 0 aliphatic rings. The molecule has 0 atom stereocenters. The van der Waals surface area contributed by atoms with Crippen LogP contribution in [0.3, 0.4) is 0 Å². The summed E-state index contributed by atoms with van der Waals surface area (Å²) in [5.74, 6) is 1.01. The van der Waals surface area contributed by atoms with Crippen molar-refractivity contribution in [2.75, 3.05) is 0 Å². The van der Waals surface area contributed by atoms with Crippen LogP contribution in [-0.2, 0) is 0 Å². The highest BCUT2D eigenvalue weighted by molar-refractivity contribution is 7.71. The second-order valence-electron chi connectivity index (χ2n) is 4.61. The molecule has 4 heteroatoms. The van der Waals surface area contributed by atoms with E-state index < -0.39 is 0 Å². The fraction of sp³-hybridized carbons (Fsp3) is 0.500. The van der Waals surface area contributed by atoms with E-state index in [1.165, 1.54) is 15.3 Å². The zero-order chi connectivity index (χ0) is 11.9. The van der Waals surface area contributed by atoms with E-state index in [0.29, 0.717) is 11.8 Å². The van der Waals surface area contributed by atoms with Gasteiger partial charge in [0.2, 0.25) is 0 Å². The van der Waals surface area contributed by atoms with Gasteiger partial charge >= 0.3 is 0 Å². The third-order valence-corrected chi connectivity index (χ3v) is 4.35. The Morgan fingerprint density at radius 1 is 1.25 bits per heavy atom. The van der Waals surface area contributed by atoms with Crippen LogP contribution in [0.15, 0.2) is 12.3 Å². The molecule has 2 aromatic heterocycles. The number of rotatable bonds is 2. The summed E-state index contributed by atoms with van der Waals surface area (Å²) in [6.45, 7) is 8.77. The number of aromatic nitrogens is 2. The van der Waals surface area contributed by atoms with Gasteiger partial charge < -0.3 is 0 Å². The van der Waals surface area contributed by atoms with E-state index in [1.807, 2.05) is 10.7 Å². The third kappa shape index (κ3) is 1.92. The van der Waals surface area contributed by atoms with E-state index in [0.717, 1.165) is 4.64 Å². The first-order valence-electron chi connectivity index (χ1n) is 5.52. The van der Waals surface area contributed by atoms with Crippen LogP contribution in [0.4, 0.5) is 0 Å². The van der Waals surface area contributed by atoms with Gasteiger partial charge in [0, 0.05) is 10.4 Å². The molecule has 86 valence electrons. The molecule has 2 nitrogen and oxygen atoms in total. The van der Waals surface area contributed by atoms with Gasteiger partial charge in [0.15, 0.2) is 0 Å². The molecule has 2 heterocycles. The predicted molar refractivity (Wildman–Crippen MR) is 72.1 cm³/mol. The van der Waals surface area contributed by atoms with Crippen LogP contribution in [0.5, 0.6) is 0 Å². The molecule has 16 heavy (non-hydrogen) atoms. The van der Waals surface area contributed by atoms with Crippen molar-refractivity contribution in [1.82, 2.24) is 9.61 Å². The first-order valence-corrected chi connectivity index (χ1v) is 6.75. The minimum Gasteiger partial charge on any atom is -0.212 e. The van der Waals surface area contributed by atoms with Crippen LogP contribution in [0.1, 0.15) is 50.0 Å². The fourth-order valence-electron chi connectivity index (χ4n) is 1.61. The molecule has 2 rings (SSSR count). The summed E-state index contributed by atoms with van der Waals surface area (Å²) in [7, 11) is 0. The highest BCUT2D eigenvalue weighted by Crippen LogP contribution is 2.29. The number of fused-ring (bicyclic) bond motifs is 1. The van der Waals surface area contributed by atoms with Gasteiger partial charge in [-0.1, -0.05) is 39.9 Å². The largest absolute Gasteiger partial charge is 0.212 e. The second-order valence-corrected chi connectivity index (χ2v) is 6.09. The van der Waals surface area contributed by atoms with Crippen molar-refractivity contribution in [3.05, 3.63) is 27.3 Å². The summed E-state index contributed by atoms with van der Waals surface area (Å²) >= 11 is 7.17. The Morgan fingerprint density at radius 2 is 1.94 bits per heavy atom. The Labute approximate surface area is 105 Å². The lowest BCUT2D eigenvalue weighted by Gasteiger charge is -2.06. The van der Waals surface area contributed by atoms with Crippen molar-refractivity contribution in [2.45, 2.75) is 39.5 Å². The van der Waals surface area contributed by atoms with Crippen molar-refractivity contribution in [3.63, 3.8) is 0 Å². The average molecular weight is 252 g/mol. The monoisotopic (exact) mass is 252 g/mol. The molecule has 0 fully saturated rings. The molecule has 0 aromatic carbocycles. The van der Waals surface area contributed by atoms with E-state index >= 15 is 0 Å². The highest BCUT2D eigenvalue weighted by Gasteiger charge is 2.11. The molecule has 2 aromatic rings. The van der Waals surface area contributed by atoms with Crippen molar-refractivity contribution < 1.29 is 0 Å². The summed E-state index contributed by atoms with van der Waals surface area (Å²) in [6.07, 6.45) is 1.94. The van der Waals surface area contributed by atoms with Crippen molar-refractivity contribution in [3.8, 4) is 0 Å². The van der Waals surface area contributed by atoms with E-state index in [1.54, 1.807) is 11.3 Å². The Balaban J connectivity index is 2.76. The van der Waals surface area contributed by atoms with Gasteiger partial charge in [-0.3, -0.25) is 0 Å². The van der Waals surface area contributed by atoms with E-state index in [-0.39, 0.29) is 0 Å². The molecule has 0 N–H and O–H groups in total. The van der Waals surface area contributed by atoms with Gasteiger partial charge in [-0.25, -0.2) is 4.52 Å². The number of nitrogens with zero attached hydrogens (tertiary/aromatic N) is 2. The van der Waals surface area contributed by atoms with Gasteiger partial charge in [0.25, 0.3) is 0 Å². The normalized spacial score (nSPS) is 11.9. The summed E-state index contributed by atoms with van der Waals surface area (Å²) in [5, 5.41) is 4.36. The van der Waals surface area contributed by atoms with Crippen molar-refractivity contribution in [2.24, 2.45) is 0 Å². The molecule has 0 unspecified atom stereocenters. The van der Waals surface area contributed by atoms with Crippen LogP contribution in [0.25, 0.3) is 4.83 Å². The van der Waals surface area contributed by atoms with Crippen LogP contribution in [0.2, 0.25) is 0 Å². The Hall–Kier alpha value is -0.740. The molecule has 0 saturated carbocycles. The molecule has 0 bridgehead atoms. The zero-order valence-corrected chi connectivity index (χ0v) is 11.7. The topological polar surface area (TPSA) is 17.3 Å². The minimum absolute atomic E-state index is 0.491. The maximum Gasteiger partial charge on any atom is 0.130 e. The standard InChI is InChI=1S/C12H16N2S2/c1-7(2)9-6-13-14-11(15)5-10(8(3)4)16-12(9)14/h5-8H,1-4H3. The fourth-order valence-corrected chi connectivity index (χ4v) is 3.28. The lowest BCUT2D eigenvalue weighted by molar-refractivity contribution is 0.875. The van der Waals surface area contributed by atoms with Gasteiger partial charge in [0.1, 0.15) is 9.47 Å². The van der Waals surface area contributed by atoms with Crippen molar-refractivity contribution >= 4 is 28.4 Å². The smallest absolute Gasteiger partial charge is 0.130 e. The third-order valence-electron chi connectivity index (χ3n) is 2.63. The molecule has 0 amide bonds. The second kappa shape index (κ2) is 4.26. The summed E-state index contributed by atoms with van der Waals surface area (Å²) in [5.41, 5.74) is 1.29. The lowest BCUT2D eigenvalue weighted by atomic mass is 10.1. The summed E-state index contributed by atoms with van der Waals surface area (Å²) in [6, 6.07) is 2.06. The van der Waals surface area contributed by atoms with E-state index in [4.69, 9.17) is 12.2 Å². The SMILES string of the molecule is CC(C)c1cc(=S)n2ncc(C(C)C)c2s1. The van der Waals surface area contributed by atoms with Crippen LogP contribution < -0.4 is 0 Å². The van der Waals surface area contributed by atoms with Gasteiger partial charge in [-0.2, -0.15) is 5.10 Å². The maximum absolute atomic E-state index is 5.37. The average Bonchev–Trinajstić information content (AvgIpc) is 2.61. The Morgan fingerprint density at radius 3 is 2.50 bits per heavy atom. The Bertz CT molecular complexity index is 564. The summed E-state index contributed by atoms with van der Waals surface area (Å²) in [4.78, 5) is 2.53. The first kappa shape index (κ1) is 11.7. The van der Waals surface area contributed by atoms with Crippen LogP contribution in [-0.4, -0.2) is 9.61 Å². The van der Waals surface area contributed by atoms with Crippen molar-refractivity contribution in [1.29, 1.82) is 0 Å². The van der Waals surface area contributed by atoms with Gasteiger partial charge in [0.05, 0.1) is 6.20 Å². The minimum atomic E-state index is 0.491. The molecule has 0 radical (unpaired) electrons. The van der Waals surface area contributed by atoms with Crippen LogP contribution in [0, 0.1) is 4.64 Å². The molecule has 0 aliphatic heterocycles. The maximum atomic E-state index is 5.37. The molecule has 0 aliphatic carbocycles. The quantitative estimate of drug-likeness (QED) is 0.738. The number of hydrogen-bond acceptors (Lipinski definition) is 3. The molecular weight excluding hydrogens is 236 g/mol. The Kier molecular flexibility index (Phi) is 3.13. The summed E-state index contributed by atoms with van der Waals surface area (Å²) < 4.78 is 2.69. The van der Waals surface area contributed by atoms with Crippen LogP contribution >= 0.6 is 23.6 Å². The number of hydrogen-bond donors (Lipinski definition) is 0. The van der Waals surface area contributed by atoms with E-state index in [2.05, 4.69) is 38.9 Å². The lowest BCUT2D eigenvalue weighted by Crippen LogP contribution is -1.92.